The van der Waals surface area contributed by atoms with Gasteiger partial charge >= 0.3 is 5.69 Å². The lowest BCUT2D eigenvalue weighted by atomic mass is 10.1. The highest BCUT2D eigenvalue weighted by atomic mass is 16.5. The van der Waals surface area contributed by atoms with Gasteiger partial charge in [-0.2, -0.15) is 0 Å². The van der Waals surface area contributed by atoms with Crippen molar-refractivity contribution in [2.24, 2.45) is 5.92 Å². The van der Waals surface area contributed by atoms with Gasteiger partial charge in [-0.15, -0.1) is 0 Å². The average Bonchev–Trinajstić information content (AvgIpc) is 2.75. The van der Waals surface area contributed by atoms with Gasteiger partial charge in [0, 0.05) is 19.0 Å². The molecule has 1 saturated carbocycles. The van der Waals surface area contributed by atoms with Gasteiger partial charge in [0.2, 0.25) is 0 Å². The Kier molecular flexibility index (Phi) is 1.77. The van der Waals surface area contributed by atoms with Crippen LogP contribution in [0.3, 0.4) is 0 Å². The molecule has 1 aromatic heterocycles. The zero-order chi connectivity index (χ0) is 9.54. The summed E-state index contributed by atoms with van der Waals surface area (Å²) in [5.41, 5.74) is -0.00819. The van der Waals surface area contributed by atoms with E-state index in [0.717, 1.165) is 13.0 Å². The molecule has 14 heavy (non-hydrogen) atoms. The SMILES string of the molecule is O=c1[nH]ccn1C1CCOC1C1CC1. The highest BCUT2D eigenvalue weighted by Gasteiger charge is 2.41. The number of rotatable bonds is 2. The number of aromatic amines is 1. The molecule has 2 fully saturated rings. The third-order valence-electron chi connectivity index (χ3n) is 3.22. The van der Waals surface area contributed by atoms with Crippen molar-refractivity contribution in [2.45, 2.75) is 31.4 Å². The molecule has 1 N–H and O–H groups in total. The Hall–Kier alpha value is -1.03. The van der Waals surface area contributed by atoms with Crippen LogP contribution in [-0.4, -0.2) is 22.3 Å². The first-order valence-electron chi connectivity index (χ1n) is 5.23. The summed E-state index contributed by atoms with van der Waals surface area (Å²) >= 11 is 0. The predicted molar refractivity (Wildman–Crippen MR) is 51.2 cm³/mol. The van der Waals surface area contributed by atoms with E-state index < -0.39 is 0 Å². The smallest absolute Gasteiger partial charge is 0.325 e. The molecule has 4 nitrogen and oxygen atoms in total. The van der Waals surface area contributed by atoms with Crippen LogP contribution in [0.4, 0.5) is 0 Å². The van der Waals surface area contributed by atoms with Crippen molar-refractivity contribution in [3.63, 3.8) is 0 Å². The van der Waals surface area contributed by atoms with E-state index in [1.165, 1.54) is 12.8 Å². The number of aromatic nitrogens is 2. The lowest BCUT2D eigenvalue weighted by Crippen LogP contribution is -2.28. The normalized spacial score (nSPS) is 32.3. The first-order chi connectivity index (χ1) is 6.86. The van der Waals surface area contributed by atoms with Crippen molar-refractivity contribution in [3.05, 3.63) is 22.9 Å². The number of nitrogens with zero attached hydrogens (tertiary/aromatic N) is 1. The van der Waals surface area contributed by atoms with Gasteiger partial charge in [-0.1, -0.05) is 0 Å². The van der Waals surface area contributed by atoms with Crippen molar-refractivity contribution in [1.29, 1.82) is 0 Å². The van der Waals surface area contributed by atoms with Crippen LogP contribution in [0.2, 0.25) is 0 Å². The van der Waals surface area contributed by atoms with E-state index >= 15 is 0 Å². The summed E-state index contributed by atoms with van der Waals surface area (Å²) in [4.78, 5) is 14.1. The molecule has 1 aliphatic heterocycles. The van der Waals surface area contributed by atoms with Gasteiger partial charge < -0.3 is 9.72 Å². The van der Waals surface area contributed by atoms with E-state index in [2.05, 4.69) is 4.98 Å². The fourth-order valence-corrected chi connectivity index (χ4v) is 2.36. The van der Waals surface area contributed by atoms with Gasteiger partial charge in [-0.25, -0.2) is 4.79 Å². The molecule has 1 aliphatic carbocycles. The number of H-pyrrole nitrogens is 1. The Labute approximate surface area is 81.9 Å². The van der Waals surface area contributed by atoms with Gasteiger partial charge in [-0.3, -0.25) is 4.57 Å². The number of hydrogen-bond acceptors (Lipinski definition) is 2. The molecule has 1 saturated heterocycles. The summed E-state index contributed by atoms with van der Waals surface area (Å²) in [6, 6.07) is 0.265. The molecular weight excluding hydrogens is 180 g/mol. The van der Waals surface area contributed by atoms with Gasteiger partial charge in [0.15, 0.2) is 0 Å². The number of nitrogens with one attached hydrogen (secondary N) is 1. The number of ether oxygens (including phenoxy) is 1. The molecule has 0 spiro atoms. The zero-order valence-corrected chi connectivity index (χ0v) is 7.98. The maximum Gasteiger partial charge on any atom is 0.325 e. The Balaban J connectivity index is 1.90. The molecule has 2 atom stereocenters. The average molecular weight is 194 g/mol. The van der Waals surface area contributed by atoms with Gasteiger partial charge in [0.25, 0.3) is 0 Å². The molecule has 2 unspecified atom stereocenters. The second-order valence-electron chi connectivity index (χ2n) is 4.20. The van der Waals surface area contributed by atoms with Crippen molar-refractivity contribution < 1.29 is 4.74 Å². The van der Waals surface area contributed by atoms with E-state index in [4.69, 9.17) is 4.74 Å². The first kappa shape index (κ1) is 8.29. The number of imidazole rings is 1. The van der Waals surface area contributed by atoms with E-state index in [9.17, 15) is 4.79 Å². The summed E-state index contributed by atoms with van der Waals surface area (Å²) in [5.74, 6) is 0.698. The second-order valence-corrected chi connectivity index (χ2v) is 4.20. The van der Waals surface area contributed by atoms with Crippen molar-refractivity contribution in [1.82, 2.24) is 9.55 Å². The maximum absolute atomic E-state index is 11.4. The minimum Gasteiger partial charge on any atom is -0.376 e. The summed E-state index contributed by atoms with van der Waals surface area (Å²) in [7, 11) is 0. The molecular formula is C10H14N2O2. The predicted octanol–water partition coefficient (Wildman–Crippen LogP) is 0.916. The minimum absolute atomic E-state index is 0.00819. The molecule has 0 radical (unpaired) electrons. The molecule has 0 amide bonds. The largest absolute Gasteiger partial charge is 0.376 e. The standard InChI is InChI=1S/C10H14N2O2/c13-10-11-4-5-12(10)8-3-6-14-9(8)7-1-2-7/h4-5,7-9H,1-3,6H2,(H,11,13). The zero-order valence-electron chi connectivity index (χ0n) is 7.98. The van der Waals surface area contributed by atoms with E-state index in [-0.39, 0.29) is 17.8 Å². The van der Waals surface area contributed by atoms with E-state index in [1.807, 2.05) is 6.20 Å². The summed E-state index contributed by atoms with van der Waals surface area (Å²) < 4.78 is 7.48. The maximum atomic E-state index is 11.4. The lowest BCUT2D eigenvalue weighted by Gasteiger charge is -2.18. The summed E-state index contributed by atoms with van der Waals surface area (Å²) in [5, 5.41) is 0. The minimum atomic E-state index is -0.00819. The van der Waals surface area contributed by atoms with Crippen LogP contribution in [0.25, 0.3) is 0 Å². The van der Waals surface area contributed by atoms with Crippen LogP contribution < -0.4 is 5.69 Å². The second kappa shape index (κ2) is 2.98. The fraction of sp³-hybridized carbons (Fsp3) is 0.700. The molecule has 2 heterocycles. The molecule has 2 aliphatic rings. The van der Waals surface area contributed by atoms with Gasteiger partial charge in [0.05, 0.1) is 12.1 Å². The third kappa shape index (κ3) is 1.21. The van der Waals surface area contributed by atoms with Gasteiger partial charge in [0.1, 0.15) is 0 Å². The van der Waals surface area contributed by atoms with Crippen LogP contribution >= 0.6 is 0 Å². The highest BCUT2D eigenvalue weighted by molar-refractivity contribution is 4.95. The monoisotopic (exact) mass is 194 g/mol. The van der Waals surface area contributed by atoms with Crippen LogP contribution in [-0.2, 0) is 4.74 Å². The summed E-state index contributed by atoms with van der Waals surface area (Å²) in [6.45, 7) is 0.795. The Morgan fingerprint density at radius 2 is 2.29 bits per heavy atom. The first-order valence-corrected chi connectivity index (χ1v) is 5.23. The fourth-order valence-electron chi connectivity index (χ4n) is 2.36. The Morgan fingerprint density at radius 3 is 2.93 bits per heavy atom. The van der Waals surface area contributed by atoms with Gasteiger partial charge in [-0.05, 0) is 25.2 Å². The Morgan fingerprint density at radius 1 is 1.43 bits per heavy atom. The highest BCUT2D eigenvalue weighted by Crippen LogP contribution is 2.42. The van der Waals surface area contributed by atoms with Crippen LogP contribution in [0.1, 0.15) is 25.3 Å². The molecule has 4 heteroatoms. The molecule has 0 bridgehead atoms. The van der Waals surface area contributed by atoms with Crippen molar-refractivity contribution in [3.8, 4) is 0 Å². The van der Waals surface area contributed by atoms with Crippen LogP contribution in [0.15, 0.2) is 17.2 Å². The lowest BCUT2D eigenvalue weighted by molar-refractivity contribution is 0.0745. The van der Waals surface area contributed by atoms with E-state index in [1.54, 1.807) is 10.8 Å². The number of hydrogen-bond donors (Lipinski definition) is 1. The molecule has 76 valence electrons. The molecule has 1 aromatic rings. The van der Waals surface area contributed by atoms with Crippen LogP contribution in [0.5, 0.6) is 0 Å². The topological polar surface area (TPSA) is 47.0 Å². The van der Waals surface area contributed by atoms with E-state index in [0.29, 0.717) is 5.92 Å². The van der Waals surface area contributed by atoms with Crippen molar-refractivity contribution in [2.75, 3.05) is 6.61 Å². The summed E-state index contributed by atoms with van der Waals surface area (Å²) in [6.07, 6.45) is 7.31. The molecule has 0 aromatic carbocycles. The van der Waals surface area contributed by atoms with Crippen LogP contribution in [0, 0.1) is 5.92 Å². The quantitative estimate of drug-likeness (QED) is 0.760. The van der Waals surface area contributed by atoms with Crippen molar-refractivity contribution >= 4 is 0 Å². The molecule has 3 rings (SSSR count). The Bertz CT molecular complexity index is 377. The third-order valence-corrected chi connectivity index (χ3v) is 3.22.